The second kappa shape index (κ2) is 11.9. The molecule has 0 aromatic carbocycles. The first-order valence-electron chi connectivity index (χ1n) is 3.18. The van der Waals surface area contributed by atoms with E-state index in [-0.39, 0.29) is 35.9 Å². The molecule has 0 rings (SSSR count). The van der Waals surface area contributed by atoms with E-state index in [0.717, 1.165) is 6.42 Å². The number of nitrogens with zero attached hydrogens (tertiary/aromatic N) is 1. The minimum atomic E-state index is -1.46. The van der Waals surface area contributed by atoms with Gasteiger partial charge < -0.3 is 11.8 Å². The van der Waals surface area contributed by atoms with Crippen molar-refractivity contribution in [2.75, 3.05) is 0 Å². The van der Waals surface area contributed by atoms with Crippen LogP contribution in [0.5, 0.6) is 0 Å². The van der Waals surface area contributed by atoms with Crippen LogP contribution in [0.25, 0.3) is 0 Å². The number of allylic oxidation sites excluding steroid dienone is 1. The molecule has 2 radical (unpaired) electrons. The fraction of sp³-hybridized carbons (Fsp3) is 0.500. The van der Waals surface area contributed by atoms with Crippen LogP contribution >= 0.6 is 0 Å². The van der Waals surface area contributed by atoms with Gasteiger partial charge in [-0.2, -0.15) is 0 Å². The van der Waals surface area contributed by atoms with Gasteiger partial charge >= 0.3 is 71.9 Å². The molecule has 12 heavy (non-hydrogen) atoms. The summed E-state index contributed by atoms with van der Waals surface area (Å²) >= 11 is -1.46. The molecule has 1 nitrogen and oxygen atoms in total. The van der Waals surface area contributed by atoms with E-state index in [9.17, 15) is 0 Å². The Morgan fingerprint density at radius 2 is 1.67 bits per heavy atom. The summed E-state index contributed by atoms with van der Waals surface area (Å²) in [6.07, 6.45) is 0.934. The molecule has 0 heterocycles. The summed E-state index contributed by atoms with van der Waals surface area (Å²) < 4.78 is 1.41. The third-order valence-corrected chi connectivity index (χ3v) is 6.34. The van der Waals surface area contributed by atoms with Gasteiger partial charge in [-0.1, -0.05) is 0 Å². The van der Waals surface area contributed by atoms with Gasteiger partial charge in [-0.05, 0) is 0 Å². The van der Waals surface area contributed by atoms with Gasteiger partial charge in [0.1, 0.15) is 0 Å². The Balaban J connectivity index is -0.0000000740. The van der Waals surface area contributed by atoms with Crippen molar-refractivity contribution in [1.29, 1.82) is 5.26 Å². The average molecular weight is 268 g/mol. The Hall–Kier alpha value is 0.890. The fourth-order valence-corrected chi connectivity index (χ4v) is 1.95. The Morgan fingerprint density at radius 3 is 1.67 bits per heavy atom. The van der Waals surface area contributed by atoms with Crippen molar-refractivity contribution in [3.63, 3.8) is 0 Å². The van der Waals surface area contributed by atoms with Gasteiger partial charge in [-0.15, -0.1) is 0 Å². The first-order valence-corrected chi connectivity index (χ1v) is 10.5. The molecule has 0 aliphatic carbocycles. The van der Waals surface area contributed by atoms with Gasteiger partial charge in [0, 0.05) is 18.9 Å². The predicted molar refractivity (Wildman–Crippen MR) is 53.2 cm³/mol. The summed E-state index contributed by atoms with van der Waals surface area (Å²) in [6, 6.07) is 0. The van der Waals surface area contributed by atoms with Crippen molar-refractivity contribution >= 4 is 32.1 Å². The standard InChI is InChI=1S/C7H15Ge.CN.Cu.Li/c1-6-7(2)8(3,4)5;1-2;;/h1-2,6H2,3-5H3;;;/q2*-1;+2;. The van der Waals surface area contributed by atoms with Crippen molar-refractivity contribution in [1.82, 2.24) is 0 Å². The van der Waals surface area contributed by atoms with Crippen molar-refractivity contribution < 1.29 is 17.1 Å². The van der Waals surface area contributed by atoms with E-state index in [1.54, 1.807) is 0 Å². The molecular weight excluding hydrogens is 253 g/mol. The summed E-state index contributed by atoms with van der Waals surface area (Å²) in [5.41, 5.74) is 0. The second-order valence-electron chi connectivity index (χ2n) is 3.10. The largest absolute Gasteiger partial charge is 2.00 e. The second-order valence-corrected chi connectivity index (χ2v) is 14.0. The predicted octanol–water partition coefficient (Wildman–Crippen LogP) is 2.36. The monoisotopic (exact) mass is 269 g/mol. The molecule has 0 N–H and O–H groups in total. The molecule has 68 valence electrons. The van der Waals surface area contributed by atoms with E-state index in [4.69, 9.17) is 11.8 Å². The Bertz CT molecular complexity index is 129. The fourth-order valence-electron chi connectivity index (χ4n) is 0.375. The number of rotatable bonds is 2. The third-order valence-electron chi connectivity index (χ3n) is 1.36. The van der Waals surface area contributed by atoms with Crippen LogP contribution < -0.4 is 0 Å². The van der Waals surface area contributed by atoms with Crippen LogP contribution in [-0.4, -0.2) is 32.1 Å². The van der Waals surface area contributed by atoms with Crippen LogP contribution in [0.1, 0.15) is 6.42 Å². The first-order chi connectivity index (χ1) is 4.48. The van der Waals surface area contributed by atoms with E-state index in [1.807, 2.05) is 0 Å². The van der Waals surface area contributed by atoms with Crippen LogP contribution in [0.15, 0.2) is 11.0 Å². The summed E-state index contributed by atoms with van der Waals surface area (Å²) in [4.78, 5) is 0. The summed E-state index contributed by atoms with van der Waals surface area (Å²) in [7, 11) is 0. The molecule has 0 bridgehead atoms. The molecule has 0 fully saturated rings. The van der Waals surface area contributed by atoms with Crippen molar-refractivity contribution in [2.24, 2.45) is 0 Å². The van der Waals surface area contributed by atoms with Gasteiger partial charge in [0.25, 0.3) is 0 Å². The van der Waals surface area contributed by atoms with Crippen LogP contribution in [-0.2, 0) is 17.1 Å². The maximum Gasteiger partial charge on any atom is 2.00 e. The molecule has 0 amide bonds. The van der Waals surface area contributed by atoms with E-state index < -0.39 is 13.3 Å². The van der Waals surface area contributed by atoms with Crippen molar-refractivity contribution in [2.45, 2.75) is 23.7 Å². The summed E-state index contributed by atoms with van der Waals surface area (Å²) in [6.45, 7) is 12.5. The molecule has 0 unspecified atom stereocenters. The molecule has 0 aromatic rings. The quantitative estimate of drug-likeness (QED) is 0.557. The molecule has 0 aliphatic rings. The average Bonchev–Trinajstić information content (AvgIpc) is 1.89. The van der Waals surface area contributed by atoms with Gasteiger partial charge in [-0.25, -0.2) is 0 Å². The molecule has 0 aliphatic heterocycles. The molecule has 4 heteroatoms. The van der Waals surface area contributed by atoms with Crippen molar-refractivity contribution in [3.8, 4) is 0 Å². The SMILES string of the molecule is C=[C](C[CH2-])[Ge]([CH3])([CH3])[CH3].[C-]#N.[Cu+2].[Li]. The first kappa shape index (κ1) is 23.1. The van der Waals surface area contributed by atoms with Crippen LogP contribution in [0, 0.1) is 18.8 Å². The van der Waals surface area contributed by atoms with Crippen LogP contribution in [0.2, 0.25) is 17.3 Å². The van der Waals surface area contributed by atoms with Gasteiger partial charge in [0.15, 0.2) is 0 Å². The molecule has 0 spiro atoms. The Kier molecular flexibility index (Phi) is 22.8. The van der Waals surface area contributed by atoms with Gasteiger partial charge in [-0.3, -0.25) is 0 Å². The minimum absolute atomic E-state index is 0. The van der Waals surface area contributed by atoms with E-state index in [2.05, 4.69) is 30.8 Å². The maximum absolute atomic E-state index is 6.25. The Labute approximate surface area is 102 Å². The molecule has 0 saturated heterocycles. The zero-order valence-corrected chi connectivity index (χ0v) is 11.4. The van der Waals surface area contributed by atoms with E-state index in [0.29, 0.717) is 0 Å². The normalized spacial score (nSPS) is 7.83. The van der Waals surface area contributed by atoms with Crippen LogP contribution in [0.4, 0.5) is 0 Å². The molecule has 0 saturated carbocycles. The zero-order valence-electron chi connectivity index (χ0n) is 8.37. The minimum Gasteiger partial charge on any atom is -0.512 e. The van der Waals surface area contributed by atoms with E-state index >= 15 is 0 Å². The third kappa shape index (κ3) is 13.5. The zero-order chi connectivity index (χ0) is 8.78. The van der Waals surface area contributed by atoms with Crippen molar-refractivity contribution in [3.05, 3.63) is 24.5 Å². The van der Waals surface area contributed by atoms with Gasteiger partial charge in [0.05, 0.1) is 0 Å². The molecule has 0 atom stereocenters. The van der Waals surface area contributed by atoms with Crippen LogP contribution in [0.3, 0.4) is 0 Å². The summed E-state index contributed by atoms with van der Waals surface area (Å²) in [5, 5.41) is 6.25. The molecular formula is C8H15CuGeLiN. The topological polar surface area (TPSA) is 23.8 Å². The summed E-state index contributed by atoms with van der Waals surface area (Å²) in [5.74, 6) is 7.02. The number of hydrogen-bond donors (Lipinski definition) is 0. The van der Waals surface area contributed by atoms with Gasteiger partial charge in [0.2, 0.25) is 0 Å². The molecule has 0 aromatic heterocycles. The maximum atomic E-state index is 6.25. The number of hydrogen-bond acceptors (Lipinski definition) is 1. The Morgan fingerprint density at radius 1 is 1.42 bits per heavy atom. The van der Waals surface area contributed by atoms with E-state index in [1.165, 1.54) is 4.41 Å². The smallest absolute Gasteiger partial charge is 0.512 e.